The number of nitrogens with zero attached hydrogens (tertiary/aromatic N) is 1. The third kappa shape index (κ3) is 1.97. The molecule has 1 aliphatic carbocycles. The molecule has 6 heteroatoms. The number of hydrogen-bond acceptors (Lipinski definition) is 2. The average Bonchev–Trinajstić information content (AvgIpc) is 2.24. The van der Waals surface area contributed by atoms with Gasteiger partial charge in [-0.2, -0.15) is 18.4 Å². The van der Waals surface area contributed by atoms with Crippen LogP contribution >= 0.6 is 11.6 Å². The van der Waals surface area contributed by atoms with Crippen molar-refractivity contribution in [3.63, 3.8) is 0 Å². The standard InChI is InChI=1S/C12H7ClF3NO/c13-10-2-1-7(12(14,15)16)3-9(10)11(6-17)4-8(18)5-11/h1-3H,4-5H2. The molecule has 18 heavy (non-hydrogen) atoms. The lowest BCUT2D eigenvalue weighted by molar-refractivity contribution is -0.137. The first-order valence-electron chi connectivity index (χ1n) is 5.09. The van der Waals surface area contributed by atoms with E-state index in [4.69, 9.17) is 16.9 Å². The molecule has 0 N–H and O–H groups in total. The maximum atomic E-state index is 12.6. The van der Waals surface area contributed by atoms with E-state index in [0.29, 0.717) is 0 Å². The molecule has 0 unspecified atom stereocenters. The minimum Gasteiger partial charge on any atom is -0.300 e. The van der Waals surface area contributed by atoms with Gasteiger partial charge in [0.25, 0.3) is 0 Å². The molecule has 0 aliphatic heterocycles. The maximum Gasteiger partial charge on any atom is 0.416 e. The van der Waals surface area contributed by atoms with Crippen molar-refractivity contribution in [2.75, 3.05) is 0 Å². The summed E-state index contributed by atoms with van der Waals surface area (Å²) in [5.41, 5.74) is -1.98. The quantitative estimate of drug-likeness (QED) is 0.786. The molecule has 1 aromatic carbocycles. The highest BCUT2D eigenvalue weighted by Gasteiger charge is 2.47. The molecule has 1 saturated carbocycles. The fraction of sp³-hybridized carbons (Fsp3) is 0.333. The minimum atomic E-state index is -4.50. The monoisotopic (exact) mass is 273 g/mol. The van der Waals surface area contributed by atoms with Gasteiger partial charge in [-0.3, -0.25) is 4.79 Å². The Bertz CT molecular complexity index is 551. The van der Waals surface area contributed by atoms with E-state index in [1.807, 2.05) is 6.07 Å². The van der Waals surface area contributed by atoms with Crippen LogP contribution < -0.4 is 0 Å². The van der Waals surface area contributed by atoms with Gasteiger partial charge in [-0.25, -0.2) is 0 Å². The van der Waals surface area contributed by atoms with Crippen molar-refractivity contribution in [3.05, 3.63) is 34.3 Å². The topological polar surface area (TPSA) is 40.9 Å². The molecule has 1 aliphatic rings. The fourth-order valence-corrected chi connectivity index (χ4v) is 2.32. The summed E-state index contributed by atoms with van der Waals surface area (Å²) >= 11 is 5.84. The number of Topliss-reactive ketones (excluding diaryl/α,β-unsaturated/α-hetero) is 1. The number of hydrogen-bond donors (Lipinski definition) is 0. The van der Waals surface area contributed by atoms with E-state index in [-0.39, 0.29) is 29.2 Å². The molecule has 0 saturated heterocycles. The van der Waals surface area contributed by atoms with Crippen molar-refractivity contribution in [2.24, 2.45) is 0 Å². The highest BCUT2D eigenvalue weighted by molar-refractivity contribution is 6.31. The molecule has 0 spiro atoms. The Balaban J connectivity index is 2.51. The van der Waals surface area contributed by atoms with Crippen LogP contribution in [0.15, 0.2) is 18.2 Å². The first-order chi connectivity index (χ1) is 8.28. The number of carbonyl (C=O) groups is 1. The summed E-state index contributed by atoms with van der Waals surface area (Å²) in [5.74, 6) is -0.148. The van der Waals surface area contributed by atoms with Crippen molar-refractivity contribution in [2.45, 2.75) is 24.4 Å². The first kappa shape index (κ1) is 12.9. The number of rotatable bonds is 1. The smallest absolute Gasteiger partial charge is 0.300 e. The third-order valence-electron chi connectivity index (χ3n) is 3.02. The molecule has 0 atom stereocenters. The van der Waals surface area contributed by atoms with E-state index in [2.05, 4.69) is 0 Å². The molecule has 94 valence electrons. The second-order valence-electron chi connectivity index (χ2n) is 4.28. The zero-order chi connectivity index (χ0) is 13.6. The molecule has 1 aromatic rings. The molecular formula is C12H7ClF3NO. The van der Waals surface area contributed by atoms with Gasteiger partial charge in [0.2, 0.25) is 0 Å². The van der Waals surface area contributed by atoms with Gasteiger partial charge in [0.05, 0.1) is 17.0 Å². The Morgan fingerprint density at radius 2 is 1.94 bits per heavy atom. The Morgan fingerprint density at radius 3 is 2.39 bits per heavy atom. The van der Waals surface area contributed by atoms with Crippen LogP contribution in [-0.4, -0.2) is 5.78 Å². The van der Waals surface area contributed by atoms with Gasteiger partial charge in [0.1, 0.15) is 5.78 Å². The Morgan fingerprint density at radius 1 is 1.33 bits per heavy atom. The molecular weight excluding hydrogens is 267 g/mol. The molecule has 1 fully saturated rings. The minimum absolute atomic E-state index is 0.0788. The number of nitriles is 1. The van der Waals surface area contributed by atoms with Gasteiger partial charge in [0, 0.05) is 17.9 Å². The number of halogens is 4. The summed E-state index contributed by atoms with van der Waals surface area (Å²) in [6.45, 7) is 0. The van der Waals surface area contributed by atoms with Gasteiger partial charge in [0.15, 0.2) is 0 Å². The summed E-state index contributed by atoms with van der Waals surface area (Å²) in [4.78, 5) is 11.0. The third-order valence-corrected chi connectivity index (χ3v) is 3.35. The van der Waals surface area contributed by atoms with Crippen molar-refractivity contribution >= 4 is 17.4 Å². The zero-order valence-corrected chi connectivity index (χ0v) is 9.77. The van der Waals surface area contributed by atoms with E-state index in [0.717, 1.165) is 18.2 Å². The molecule has 0 amide bonds. The predicted octanol–water partition coefficient (Wildman–Crippen LogP) is 3.48. The van der Waals surface area contributed by atoms with Crippen LogP contribution in [0.2, 0.25) is 5.02 Å². The van der Waals surface area contributed by atoms with Crippen molar-refractivity contribution in [1.82, 2.24) is 0 Å². The van der Waals surface area contributed by atoms with Crippen LogP contribution in [0.4, 0.5) is 13.2 Å². The van der Waals surface area contributed by atoms with Gasteiger partial charge in [-0.15, -0.1) is 0 Å². The van der Waals surface area contributed by atoms with Crippen LogP contribution in [0, 0.1) is 11.3 Å². The van der Waals surface area contributed by atoms with Gasteiger partial charge < -0.3 is 0 Å². The van der Waals surface area contributed by atoms with Crippen LogP contribution in [0.5, 0.6) is 0 Å². The molecule has 2 rings (SSSR count). The van der Waals surface area contributed by atoms with Crippen LogP contribution in [0.1, 0.15) is 24.0 Å². The fourth-order valence-electron chi connectivity index (χ4n) is 2.02. The first-order valence-corrected chi connectivity index (χ1v) is 5.46. The Labute approximate surface area is 106 Å². The number of ketones is 1. The van der Waals surface area contributed by atoms with Crippen LogP contribution in [-0.2, 0) is 16.4 Å². The second kappa shape index (κ2) is 3.99. The van der Waals surface area contributed by atoms with Gasteiger partial charge in [-0.1, -0.05) is 11.6 Å². The van der Waals surface area contributed by atoms with E-state index in [1.165, 1.54) is 0 Å². The Kier molecular flexibility index (Phi) is 2.86. The van der Waals surface area contributed by atoms with Crippen molar-refractivity contribution in [3.8, 4) is 6.07 Å². The van der Waals surface area contributed by atoms with Gasteiger partial charge in [-0.05, 0) is 23.8 Å². The average molecular weight is 274 g/mol. The van der Waals surface area contributed by atoms with Gasteiger partial charge >= 0.3 is 6.18 Å². The maximum absolute atomic E-state index is 12.6. The highest BCUT2D eigenvalue weighted by Crippen LogP contribution is 2.45. The van der Waals surface area contributed by atoms with E-state index in [1.54, 1.807) is 0 Å². The number of carbonyl (C=O) groups excluding carboxylic acids is 1. The van der Waals surface area contributed by atoms with E-state index >= 15 is 0 Å². The molecule has 0 heterocycles. The molecule has 2 nitrogen and oxygen atoms in total. The summed E-state index contributed by atoms with van der Waals surface area (Å²) in [5, 5.41) is 9.16. The largest absolute Gasteiger partial charge is 0.416 e. The lowest BCUT2D eigenvalue weighted by Crippen LogP contribution is -2.40. The highest BCUT2D eigenvalue weighted by atomic mass is 35.5. The van der Waals surface area contributed by atoms with Crippen molar-refractivity contribution in [1.29, 1.82) is 5.26 Å². The lowest BCUT2D eigenvalue weighted by Gasteiger charge is -2.35. The normalized spacial score (nSPS) is 18.1. The summed E-state index contributed by atoms with van der Waals surface area (Å²) in [6.07, 6.45) is -4.65. The van der Waals surface area contributed by atoms with Crippen LogP contribution in [0.25, 0.3) is 0 Å². The molecule has 0 aromatic heterocycles. The van der Waals surface area contributed by atoms with Crippen LogP contribution in [0.3, 0.4) is 0 Å². The summed E-state index contributed by atoms with van der Waals surface area (Å²) < 4.78 is 37.8. The number of alkyl halides is 3. The number of benzene rings is 1. The lowest BCUT2D eigenvalue weighted by atomic mass is 9.64. The molecule has 0 radical (unpaired) electrons. The summed E-state index contributed by atoms with van der Waals surface area (Å²) in [7, 11) is 0. The zero-order valence-electron chi connectivity index (χ0n) is 9.01. The molecule has 0 bridgehead atoms. The van der Waals surface area contributed by atoms with E-state index < -0.39 is 17.2 Å². The SMILES string of the molecule is N#CC1(c2cc(C(F)(F)F)ccc2Cl)CC(=O)C1. The second-order valence-corrected chi connectivity index (χ2v) is 4.69. The van der Waals surface area contributed by atoms with Crippen molar-refractivity contribution < 1.29 is 18.0 Å². The van der Waals surface area contributed by atoms with E-state index in [9.17, 15) is 18.0 Å². The summed E-state index contributed by atoms with van der Waals surface area (Å²) in [6, 6.07) is 4.74. The predicted molar refractivity (Wildman–Crippen MR) is 58.0 cm³/mol. The Hall–Kier alpha value is -1.54.